The molecule has 0 bridgehead atoms. The number of hydrogen-bond acceptors (Lipinski definition) is 4. The van der Waals surface area contributed by atoms with Crippen LogP contribution in [0.1, 0.15) is 16.8 Å². The number of carbonyl (C=O) groups is 1. The summed E-state index contributed by atoms with van der Waals surface area (Å²) in [5, 5.41) is 10.7. The number of Topliss-reactive ketones (excluding diaryl/α,β-unsaturated/α-hetero) is 1. The second-order valence-electron chi connectivity index (χ2n) is 3.88. The van der Waals surface area contributed by atoms with Crippen LogP contribution in [0.4, 0.5) is 5.69 Å². The first-order chi connectivity index (χ1) is 8.08. The minimum atomic E-state index is -0.481. The highest BCUT2D eigenvalue weighted by Crippen LogP contribution is 2.29. The molecule has 1 atom stereocenters. The van der Waals surface area contributed by atoms with Gasteiger partial charge in [0.05, 0.1) is 4.92 Å². The van der Waals surface area contributed by atoms with Gasteiger partial charge in [0.2, 0.25) is 0 Å². The maximum Gasteiger partial charge on any atom is 0.271 e. The van der Waals surface area contributed by atoms with Crippen molar-refractivity contribution in [3.8, 4) is 0 Å². The summed E-state index contributed by atoms with van der Waals surface area (Å²) in [6.45, 7) is 0. The SMILES string of the molecule is O=C(c1cc(Br)cc([N+](=O)[O-])c1)C1CCSC1. The average molecular weight is 316 g/mol. The fraction of sp³-hybridized carbons (Fsp3) is 0.364. The second-order valence-corrected chi connectivity index (χ2v) is 5.95. The molecule has 6 heteroatoms. The molecular weight excluding hydrogens is 306 g/mol. The molecule has 0 aromatic heterocycles. The number of nitro benzene ring substituents is 1. The predicted octanol–water partition coefficient (Wildman–Crippen LogP) is 3.29. The monoisotopic (exact) mass is 315 g/mol. The average Bonchev–Trinajstić information content (AvgIpc) is 2.80. The molecule has 1 unspecified atom stereocenters. The highest BCUT2D eigenvalue weighted by molar-refractivity contribution is 9.10. The summed E-state index contributed by atoms with van der Waals surface area (Å²) >= 11 is 4.95. The summed E-state index contributed by atoms with van der Waals surface area (Å²) in [6.07, 6.45) is 0.865. The van der Waals surface area contributed by atoms with Gasteiger partial charge in [-0.25, -0.2) is 0 Å². The van der Waals surface area contributed by atoms with Crippen molar-refractivity contribution in [2.45, 2.75) is 6.42 Å². The van der Waals surface area contributed by atoms with E-state index in [-0.39, 0.29) is 17.4 Å². The van der Waals surface area contributed by atoms with E-state index in [4.69, 9.17) is 0 Å². The Morgan fingerprint density at radius 2 is 2.24 bits per heavy atom. The third-order valence-corrected chi connectivity index (χ3v) is 4.30. The Bertz CT molecular complexity index is 472. The summed E-state index contributed by atoms with van der Waals surface area (Å²) in [4.78, 5) is 22.4. The van der Waals surface area contributed by atoms with Crippen molar-refractivity contribution in [2.24, 2.45) is 5.92 Å². The highest BCUT2D eigenvalue weighted by atomic mass is 79.9. The van der Waals surface area contributed by atoms with Crippen LogP contribution in [0.2, 0.25) is 0 Å². The second kappa shape index (κ2) is 5.18. The number of hydrogen-bond donors (Lipinski definition) is 0. The lowest BCUT2D eigenvalue weighted by Gasteiger charge is -2.07. The van der Waals surface area contributed by atoms with Gasteiger partial charge in [-0.15, -0.1) is 0 Å². The first-order valence-corrected chi connectivity index (χ1v) is 7.09. The molecule has 1 aliphatic heterocycles. The quantitative estimate of drug-likeness (QED) is 0.488. The van der Waals surface area contributed by atoms with E-state index in [1.165, 1.54) is 12.1 Å². The molecule has 1 heterocycles. The lowest BCUT2D eigenvalue weighted by Crippen LogP contribution is -2.14. The van der Waals surface area contributed by atoms with Crippen LogP contribution in [-0.4, -0.2) is 22.2 Å². The van der Waals surface area contributed by atoms with Crippen LogP contribution in [0, 0.1) is 16.0 Å². The van der Waals surface area contributed by atoms with Gasteiger partial charge in [-0.1, -0.05) is 15.9 Å². The molecule has 1 aromatic carbocycles. The molecule has 1 aromatic rings. The number of nitro groups is 1. The summed E-state index contributed by atoms with van der Waals surface area (Å²) in [5.41, 5.74) is 0.381. The van der Waals surface area contributed by atoms with E-state index in [1.807, 2.05) is 0 Å². The van der Waals surface area contributed by atoms with E-state index in [1.54, 1.807) is 17.8 Å². The number of rotatable bonds is 3. The van der Waals surface area contributed by atoms with E-state index < -0.39 is 4.92 Å². The van der Waals surface area contributed by atoms with Crippen molar-refractivity contribution in [1.29, 1.82) is 0 Å². The minimum Gasteiger partial charge on any atom is -0.294 e. The van der Waals surface area contributed by atoms with Crippen molar-refractivity contribution in [3.05, 3.63) is 38.3 Å². The molecule has 1 aliphatic rings. The molecular formula is C11H10BrNO3S. The molecule has 90 valence electrons. The lowest BCUT2D eigenvalue weighted by molar-refractivity contribution is -0.385. The number of nitrogens with zero attached hydrogens (tertiary/aromatic N) is 1. The molecule has 0 radical (unpaired) electrons. The Labute approximate surface area is 111 Å². The molecule has 0 amide bonds. The van der Waals surface area contributed by atoms with Crippen molar-refractivity contribution >= 4 is 39.2 Å². The van der Waals surface area contributed by atoms with Gasteiger partial charge in [-0.2, -0.15) is 11.8 Å². The largest absolute Gasteiger partial charge is 0.294 e. The first-order valence-electron chi connectivity index (χ1n) is 5.15. The summed E-state index contributed by atoms with van der Waals surface area (Å²) in [6, 6.07) is 4.41. The summed E-state index contributed by atoms with van der Waals surface area (Å²) in [7, 11) is 0. The van der Waals surface area contributed by atoms with E-state index in [2.05, 4.69) is 15.9 Å². The first kappa shape index (κ1) is 12.6. The van der Waals surface area contributed by atoms with E-state index in [0.717, 1.165) is 17.9 Å². The minimum absolute atomic E-state index is 0.00824. The number of halogens is 1. The van der Waals surface area contributed by atoms with Gasteiger partial charge in [0, 0.05) is 33.8 Å². The molecule has 1 saturated heterocycles. The molecule has 0 saturated carbocycles. The fourth-order valence-corrected chi connectivity index (χ4v) is 3.50. The van der Waals surface area contributed by atoms with Gasteiger partial charge in [-0.05, 0) is 18.2 Å². The third kappa shape index (κ3) is 2.87. The molecule has 1 fully saturated rings. The number of ketones is 1. The van der Waals surface area contributed by atoms with Crippen LogP contribution >= 0.6 is 27.7 Å². The lowest BCUT2D eigenvalue weighted by atomic mass is 9.97. The number of carbonyl (C=O) groups excluding carboxylic acids is 1. The summed E-state index contributed by atoms with van der Waals surface area (Å²) < 4.78 is 0.570. The summed E-state index contributed by atoms with van der Waals surface area (Å²) in [5.74, 6) is 1.83. The smallest absolute Gasteiger partial charge is 0.271 e. The third-order valence-electron chi connectivity index (χ3n) is 2.68. The van der Waals surface area contributed by atoms with Gasteiger partial charge in [0.25, 0.3) is 5.69 Å². The van der Waals surface area contributed by atoms with Gasteiger partial charge >= 0.3 is 0 Å². The zero-order valence-corrected chi connectivity index (χ0v) is 11.3. The highest BCUT2D eigenvalue weighted by Gasteiger charge is 2.25. The molecule has 0 aliphatic carbocycles. The van der Waals surface area contributed by atoms with Crippen molar-refractivity contribution in [1.82, 2.24) is 0 Å². The van der Waals surface area contributed by atoms with Crippen LogP contribution in [0.5, 0.6) is 0 Å². The topological polar surface area (TPSA) is 60.2 Å². The zero-order chi connectivity index (χ0) is 12.4. The standard InChI is InChI=1S/C11H10BrNO3S/c12-9-3-8(4-10(5-9)13(15)16)11(14)7-1-2-17-6-7/h3-5,7H,1-2,6H2. The molecule has 17 heavy (non-hydrogen) atoms. The van der Waals surface area contributed by atoms with Crippen molar-refractivity contribution < 1.29 is 9.72 Å². The van der Waals surface area contributed by atoms with Gasteiger partial charge in [-0.3, -0.25) is 14.9 Å². The zero-order valence-electron chi connectivity index (χ0n) is 8.89. The number of non-ortho nitro benzene ring substituents is 1. The molecule has 2 rings (SSSR count). The van der Waals surface area contributed by atoms with Crippen LogP contribution in [-0.2, 0) is 0 Å². The van der Waals surface area contributed by atoms with E-state index in [0.29, 0.717) is 10.0 Å². The van der Waals surface area contributed by atoms with Crippen LogP contribution in [0.25, 0.3) is 0 Å². The Morgan fingerprint density at radius 1 is 1.47 bits per heavy atom. The molecule has 0 spiro atoms. The maximum absolute atomic E-state index is 12.1. The number of benzene rings is 1. The predicted molar refractivity (Wildman–Crippen MR) is 70.6 cm³/mol. The van der Waals surface area contributed by atoms with Crippen LogP contribution in [0.3, 0.4) is 0 Å². The van der Waals surface area contributed by atoms with Crippen molar-refractivity contribution in [3.63, 3.8) is 0 Å². The van der Waals surface area contributed by atoms with Gasteiger partial charge in [0.15, 0.2) is 5.78 Å². The number of thioether (sulfide) groups is 1. The van der Waals surface area contributed by atoms with Crippen LogP contribution < -0.4 is 0 Å². The van der Waals surface area contributed by atoms with E-state index >= 15 is 0 Å². The Kier molecular flexibility index (Phi) is 3.83. The molecule has 0 N–H and O–H groups in total. The Balaban J connectivity index is 2.31. The maximum atomic E-state index is 12.1. The Morgan fingerprint density at radius 3 is 2.82 bits per heavy atom. The Hall–Kier alpha value is -0.880. The van der Waals surface area contributed by atoms with Crippen molar-refractivity contribution in [2.75, 3.05) is 11.5 Å². The van der Waals surface area contributed by atoms with Gasteiger partial charge in [0.1, 0.15) is 0 Å². The molecule has 4 nitrogen and oxygen atoms in total. The van der Waals surface area contributed by atoms with Crippen LogP contribution in [0.15, 0.2) is 22.7 Å². The normalized spacial score (nSPS) is 19.2. The van der Waals surface area contributed by atoms with E-state index in [9.17, 15) is 14.9 Å². The fourth-order valence-electron chi connectivity index (χ4n) is 1.80. The van der Waals surface area contributed by atoms with Gasteiger partial charge < -0.3 is 0 Å².